The molecule has 2 amide bonds. The molecule has 0 aromatic heterocycles. The van der Waals surface area contributed by atoms with Crippen molar-refractivity contribution in [3.05, 3.63) is 39.9 Å². The first-order valence-electron chi connectivity index (χ1n) is 4.96. The van der Waals surface area contributed by atoms with Gasteiger partial charge in [-0.25, -0.2) is 4.79 Å². The van der Waals surface area contributed by atoms with Gasteiger partial charge in [-0.3, -0.25) is 10.1 Å². The Labute approximate surface area is 91.8 Å². The zero-order chi connectivity index (χ0) is 11.5. The fourth-order valence-corrected chi connectivity index (χ4v) is 1.79. The predicted octanol–water partition coefficient (Wildman–Crippen LogP) is 1.34. The summed E-state index contributed by atoms with van der Waals surface area (Å²) in [6.45, 7) is 0.530. The Balaban J connectivity index is 2.32. The number of nitrogens with zero attached hydrogens (tertiary/aromatic N) is 1. The van der Waals surface area contributed by atoms with E-state index < -0.39 is 4.92 Å². The minimum absolute atomic E-state index is 0.0506. The molecule has 1 saturated heterocycles. The van der Waals surface area contributed by atoms with Gasteiger partial charge in [0.15, 0.2) is 0 Å². The van der Waals surface area contributed by atoms with E-state index in [1.807, 2.05) is 0 Å². The number of hydrogen-bond donors (Lipinski definition) is 2. The zero-order valence-corrected chi connectivity index (χ0v) is 8.47. The van der Waals surface area contributed by atoms with E-state index in [1.54, 1.807) is 18.2 Å². The molecule has 1 aliphatic heterocycles. The summed E-state index contributed by atoms with van der Waals surface area (Å²) in [5.74, 6) is 0. The van der Waals surface area contributed by atoms with Gasteiger partial charge in [0.05, 0.1) is 16.5 Å². The van der Waals surface area contributed by atoms with Crippen LogP contribution in [0, 0.1) is 10.1 Å². The second kappa shape index (κ2) is 4.18. The summed E-state index contributed by atoms with van der Waals surface area (Å²) in [7, 11) is 0. The molecule has 1 heterocycles. The lowest BCUT2D eigenvalue weighted by Crippen LogP contribution is -2.44. The van der Waals surface area contributed by atoms with Gasteiger partial charge in [-0.2, -0.15) is 0 Å². The summed E-state index contributed by atoms with van der Waals surface area (Å²) in [5, 5.41) is 16.1. The first-order chi connectivity index (χ1) is 7.68. The van der Waals surface area contributed by atoms with Crippen molar-refractivity contribution in [3.8, 4) is 0 Å². The van der Waals surface area contributed by atoms with Crippen molar-refractivity contribution in [1.82, 2.24) is 10.6 Å². The van der Waals surface area contributed by atoms with Crippen LogP contribution in [-0.2, 0) is 0 Å². The van der Waals surface area contributed by atoms with E-state index in [1.165, 1.54) is 6.07 Å². The molecule has 1 fully saturated rings. The number of nitro benzene ring substituents is 1. The average Bonchev–Trinajstić information content (AvgIpc) is 2.29. The number of rotatable bonds is 2. The van der Waals surface area contributed by atoms with Crippen LogP contribution in [-0.4, -0.2) is 17.5 Å². The van der Waals surface area contributed by atoms with E-state index in [-0.39, 0.29) is 17.8 Å². The number of urea groups is 1. The van der Waals surface area contributed by atoms with Crippen molar-refractivity contribution in [2.45, 2.75) is 12.5 Å². The highest BCUT2D eigenvalue weighted by molar-refractivity contribution is 5.75. The van der Waals surface area contributed by atoms with Crippen LogP contribution in [0.5, 0.6) is 0 Å². The summed E-state index contributed by atoms with van der Waals surface area (Å²) in [5.41, 5.74) is 0.608. The Morgan fingerprint density at radius 2 is 2.12 bits per heavy atom. The summed E-state index contributed by atoms with van der Waals surface area (Å²) in [6.07, 6.45) is 0.649. The van der Waals surface area contributed by atoms with Crippen LogP contribution in [0.4, 0.5) is 10.5 Å². The van der Waals surface area contributed by atoms with Crippen LogP contribution in [0.15, 0.2) is 24.3 Å². The van der Waals surface area contributed by atoms with E-state index >= 15 is 0 Å². The summed E-state index contributed by atoms with van der Waals surface area (Å²) < 4.78 is 0. The number of carbonyl (C=O) groups is 1. The first-order valence-corrected chi connectivity index (χ1v) is 4.96. The Morgan fingerprint density at radius 1 is 1.38 bits per heavy atom. The molecule has 1 aliphatic rings. The van der Waals surface area contributed by atoms with Gasteiger partial charge in [-0.1, -0.05) is 18.2 Å². The molecule has 0 spiro atoms. The highest BCUT2D eigenvalue weighted by atomic mass is 16.6. The number of benzene rings is 1. The normalized spacial score (nSPS) is 19.8. The second-order valence-electron chi connectivity index (χ2n) is 3.56. The van der Waals surface area contributed by atoms with Gasteiger partial charge in [-0.15, -0.1) is 0 Å². The van der Waals surface area contributed by atoms with Crippen molar-refractivity contribution in [2.24, 2.45) is 0 Å². The van der Waals surface area contributed by atoms with Crippen molar-refractivity contribution >= 4 is 11.7 Å². The molecule has 6 nitrogen and oxygen atoms in total. The molecule has 6 heteroatoms. The number of amides is 2. The minimum atomic E-state index is -0.427. The van der Waals surface area contributed by atoms with E-state index in [0.29, 0.717) is 18.5 Å². The van der Waals surface area contributed by atoms with Gasteiger partial charge >= 0.3 is 6.03 Å². The number of nitrogens with one attached hydrogen (secondary N) is 2. The Hall–Kier alpha value is -2.11. The topological polar surface area (TPSA) is 84.3 Å². The van der Waals surface area contributed by atoms with E-state index in [9.17, 15) is 14.9 Å². The van der Waals surface area contributed by atoms with Gasteiger partial charge < -0.3 is 10.6 Å². The fraction of sp³-hybridized carbons (Fsp3) is 0.300. The van der Waals surface area contributed by atoms with E-state index in [0.717, 1.165) is 0 Å². The lowest BCUT2D eigenvalue weighted by Gasteiger charge is -2.24. The van der Waals surface area contributed by atoms with Crippen LogP contribution >= 0.6 is 0 Å². The third kappa shape index (κ3) is 1.95. The van der Waals surface area contributed by atoms with Gasteiger partial charge in [0.1, 0.15) is 0 Å². The third-order valence-electron chi connectivity index (χ3n) is 2.53. The molecule has 1 atom stereocenters. The molecule has 0 radical (unpaired) electrons. The first kappa shape index (κ1) is 10.4. The molecule has 2 rings (SSSR count). The highest BCUT2D eigenvalue weighted by Crippen LogP contribution is 2.27. The van der Waals surface area contributed by atoms with Gasteiger partial charge in [0, 0.05) is 12.6 Å². The molecule has 2 N–H and O–H groups in total. The third-order valence-corrected chi connectivity index (χ3v) is 2.53. The summed E-state index contributed by atoms with van der Waals surface area (Å²) in [4.78, 5) is 21.5. The maximum atomic E-state index is 11.1. The standard InChI is InChI=1S/C10H11N3O3/c14-10-11-6-5-8(12-10)7-3-1-2-4-9(7)13(15)16/h1-4,8H,5-6H2,(H2,11,12,14). The molecule has 0 aliphatic carbocycles. The van der Waals surface area contributed by atoms with E-state index in [2.05, 4.69) is 10.6 Å². The molecule has 0 bridgehead atoms. The lowest BCUT2D eigenvalue weighted by atomic mass is 10.0. The van der Waals surface area contributed by atoms with Crippen LogP contribution in [0.25, 0.3) is 0 Å². The Morgan fingerprint density at radius 3 is 2.81 bits per heavy atom. The van der Waals surface area contributed by atoms with Crippen molar-refractivity contribution in [2.75, 3.05) is 6.54 Å². The predicted molar refractivity (Wildman–Crippen MR) is 57.0 cm³/mol. The fourth-order valence-electron chi connectivity index (χ4n) is 1.79. The molecule has 16 heavy (non-hydrogen) atoms. The molecule has 1 aromatic carbocycles. The van der Waals surface area contributed by atoms with Crippen molar-refractivity contribution in [1.29, 1.82) is 0 Å². The Kier molecular flexibility index (Phi) is 2.72. The van der Waals surface area contributed by atoms with Crippen LogP contribution in [0.2, 0.25) is 0 Å². The van der Waals surface area contributed by atoms with Crippen LogP contribution in [0.1, 0.15) is 18.0 Å². The second-order valence-corrected chi connectivity index (χ2v) is 3.56. The average molecular weight is 221 g/mol. The Bertz CT molecular complexity index is 433. The smallest absolute Gasteiger partial charge is 0.315 e. The van der Waals surface area contributed by atoms with Crippen molar-refractivity contribution in [3.63, 3.8) is 0 Å². The van der Waals surface area contributed by atoms with E-state index in [4.69, 9.17) is 0 Å². The number of hydrogen-bond acceptors (Lipinski definition) is 3. The maximum Gasteiger partial charge on any atom is 0.315 e. The molecule has 0 saturated carbocycles. The van der Waals surface area contributed by atoms with Gasteiger partial charge in [-0.05, 0) is 6.42 Å². The largest absolute Gasteiger partial charge is 0.338 e. The number of para-hydroxylation sites is 1. The molecular formula is C10H11N3O3. The molecule has 1 unspecified atom stereocenters. The SMILES string of the molecule is O=C1NCCC(c2ccccc2[N+](=O)[O-])N1. The maximum absolute atomic E-state index is 11.1. The van der Waals surface area contributed by atoms with Gasteiger partial charge in [0.2, 0.25) is 0 Å². The highest BCUT2D eigenvalue weighted by Gasteiger charge is 2.25. The summed E-state index contributed by atoms with van der Waals surface area (Å²) in [6, 6.07) is 5.91. The quantitative estimate of drug-likeness (QED) is 0.583. The lowest BCUT2D eigenvalue weighted by molar-refractivity contribution is -0.385. The number of nitro groups is 1. The summed E-state index contributed by atoms with van der Waals surface area (Å²) >= 11 is 0. The molecule has 84 valence electrons. The van der Waals surface area contributed by atoms with Gasteiger partial charge in [0.25, 0.3) is 5.69 Å². The number of carbonyl (C=O) groups excluding carboxylic acids is 1. The minimum Gasteiger partial charge on any atom is -0.338 e. The van der Waals surface area contributed by atoms with Crippen LogP contribution in [0.3, 0.4) is 0 Å². The molecule has 1 aromatic rings. The molecular weight excluding hydrogens is 210 g/mol. The van der Waals surface area contributed by atoms with Crippen LogP contribution < -0.4 is 10.6 Å². The van der Waals surface area contributed by atoms with Crippen molar-refractivity contribution < 1.29 is 9.72 Å². The monoisotopic (exact) mass is 221 g/mol. The zero-order valence-electron chi connectivity index (χ0n) is 8.47.